The van der Waals surface area contributed by atoms with Crippen LogP contribution in [0.25, 0.3) is 0 Å². The quantitative estimate of drug-likeness (QED) is 0.467. The highest BCUT2D eigenvalue weighted by atomic mass is 32.1. The van der Waals surface area contributed by atoms with Crippen molar-refractivity contribution in [3.8, 4) is 5.75 Å². The fraction of sp³-hybridized carbons (Fsp3) is 0.393. The Kier molecular flexibility index (Phi) is 7.07. The molecule has 2 aromatic carbocycles. The van der Waals surface area contributed by atoms with E-state index >= 15 is 0 Å². The Morgan fingerprint density at radius 1 is 1.06 bits per heavy atom. The summed E-state index contributed by atoms with van der Waals surface area (Å²) in [4.78, 5) is 20.9. The number of hydrogen-bond donors (Lipinski definition) is 0. The lowest BCUT2D eigenvalue weighted by Gasteiger charge is -2.40. The zero-order valence-corrected chi connectivity index (χ0v) is 21.2. The van der Waals surface area contributed by atoms with E-state index in [1.165, 1.54) is 23.3 Å². The van der Waals surface area contributed by atoms with Crippen LogP contribution in [-0.2, 0) is 17.6 Å². The van der Waals surface area contributed by atoms with Crippen LogP contribution in [0.3, 0.4) is 0 Å². The fourth-order valence-corrected chi connectivity index (χ4v) is 5.96. The van der Waals surface area contributed by atoms with Gasteiger partial charge in [-0.1, -0.05) is 18.2 Å². The Hall–Kier alpha value is -2.90. The third-order valence-electron chi connectivity index (χ3n) is 7.26. The number of methoxy groups -OCH3 is 1. The normalized spacial score (nSPS) is 17.2. The maximum absolute atomic E-state index is 13.6. The van der Waals surface area contributed by atoms with E-state index in [0.717, 1.165) is 61.8 Å². The van der Waals surface area contributed by atoms with Crippen LogP contribution in [0.2, 0.25) is 0 Å². The van der Waals surface area contributed by atoms with Gasteiger partial charge in [-0.25, -0.2) is 4.39 Å². The second kappa shape index (κ2) is 10.4. The SMILES string of the molecule is COc1cc(F)ccc1N1CCN(C(C)c2ccc3c(c2)CCCN3C(=O)Cc2cccs2)CC1. The van der Waals surface area contributed by atoms with Crippen molar-refractivity contribution in [2.75, 3.05) is 49.6 Å². The van der Waals surface area contributed by atoms with Gasteiger partial charge in [0.25, 0.3) is 0 Å². The van der Waals surface area contributed by atoms with Gasteiger partial charge in [-0.05, 0) is 60.5 Å². The van der Waals surface area contributed by atoms with Crippen molar-refractivity contribution in [2.45, 2.75) is 32.2 Å². The Morgan fingerprint density at radius 2 is 1.86 bits per heavy atom. The molecule has 1 unspecified atom stereocenters. The maximum Gasteiger partial charge on any atom is 0.232 e. The van der Waals surface area contributed by atoms with Crippen molar-refractivity contribution in [3.63, 3.8) is 0 Å². The first-order chi connectivity index (χ1) is 17.0. The number of halogens is 1. The minimum Gasteiger partial charge on any atom is -0.494 e. The molecule has 5 nitrogen and oxygen atoms in total. The molecule has 1 amide bonds. The maximum atomic E-state index is 13.6. The van der Waals surface area contributed by atoms with Crippen LogP contribution in [-0.4, -0.2) is 50.6 Å². The number of benzene rings is 2. The number of piperazine rings is 1. The summed E-state index contributed by atoms with van der Waals surface area (Å²) in [6.07, 6.45) is 2.48. The molecule has 0 bridgehead atoms. The van der Waals surface area contributed by atoms with Crippen molar-refractivity contribution in [2.24, 2.45) is 0 Å². The van der Waals surface area contributed by atoms with Crippen molar-refractivity contribution in [1.29, 1.82) is 0 Å². The molecule has 0 saturated carbocycles. The lowest BCUT2D eigenvalue weighted by molar-refractivity contribution is -0.118. The van der Waals surface area contributed by atoms with Crippen LogP contribution in [0.5, 0.6) is 5.75 Å². The molecule has 0 N–H and O–H groups in total. The first kappa shape index (κ1) is 23.8. The van der Waals surface area contributed by atoms with Crippen LogP contribution >= 0.6 is 11.3 Å². The topological polar surface area (TPSA) is 36.0 Å². The second-order valence-corrected chi connectivity index (χ2v) is 10.3. The van der Waals surface area contributed by atoms with E-state index in [1.807, 2.05) is 28.5 Å². The zero-order valence-electron chi connectivity index (χ0n) is 20.4. The van der Waals surface area contributed by atoms with Crippen LogP contribution in [0.15, 0.2) is 53.9 Å². The molecule has 7 heteroatoms. The average molecular weight is 494 g/mol. The molecule has 1 atom stereocenters. The minimum atomic E-state index is -0.281. The highest BCUT2D eigenvalue weighted by Gasteiger charge is 2.27. The van der Waals surface area contributed by atoms with E-state index < -0.39 is 0 Å². The number of hydrogen-bond acceptors (Lipinski definition) is 5. The van der Waals surface area contributed by atoms with Crippen molar-refractivity contribution >= 4 is 28.6 Å². The number of carbonyl (C=O) groups is 1. The Balaban J connectivity index is 1.25. The molecule has 3 aromatic rings. The van der Waals surface area contributed by atoms with Gasteiger partial charge >= 0.3 is 0 Å². The molecule has 2 aliphatic heterocycles. The molecule has 1 aromatic heterocycles. The molecule has 2 aliphatic rings. The number of aryl methyl sites for hydroxylation is 1. The molecule has 0 radical (unpaired) electrons. The molecular formula is C28H32FN3O2S. The summed E-state index contributed by atoms with van der Waals surface area (Å²) < 4.78 is 19.0. The van der Waals surface area contributed by atoms with E-state index in [0.29, 0.717) is 12.2 Å². The highest BCUT2D eigenvalue weighted by Crippen LogP contribution is 2.34. The van der Waals surface area contributed by atoms with E-state index in [1.54, 1.807) is 18.4 Å². The van der Waals surface area contributed by atoms with Gasteiger partial charge in [0.1, 0.15) is 11.6 Å². The fourth-order valence-electron chi connectivity index (χ4n) is 5.27. The van der Waals surface area contributed by atoms with Crippen molar-refractivity contribution in [1.82, 2.24) is 4.90 Å². The molecule has 35 heavy (non-hydrogen) atoms. The van der Waals surface area contributed by atoms with E-state index in [4.69, 9.17) is 4.74 Å². The van der Waals surface area contributed by atoms with E-state index in [-0.39, 0.29) is 17.8 Å². The predicted octanol–water partition coefficient (Wildman–Crippen LogP) is 5.30. The number of thiophene rings is 1. The molecule has 5 rings (SSSR count). The minimum absolute atomic E-state index is 0.182. The van der Waals surface area contributed by atoms with E-state index in [9.17, 15) is 9.18 Å². The van der Waals surface area contributed by atoms with Crippen LogP contribution in [0.1, 0.15) is 35.4 Å². The summed E-state index contributed by atoms with van der Waals surface area (Å²) >= 11 is 1.64. The first-order valence-electron chi connectivity index (χ1n) is 12.3. The summed E-state index contributed by atoms with van der Waals surface area (Å²) in [7, 11) is 1.59. The van der Waals surface area contributed by atoms with Gasteiger partial charge in [-0.15, -0.1) is 11.3 Å². The number of amides is 1. The van der Waals surface area contributed by atoms with E-state index in [2.05, 4.69) is 34.9 Å². The van der Waals surface area contributed by atoms with Crippen LogP contribution in [0.4, 0.5) is 15.8 Å². The highest BCUT2D eigenvalue weighted by molar-refractivity contribution is 7.10. The van der Waals surface area contributed by atoms with Crippen molar-refractivity contribution < 1.29 is 13.9 Å². The number of ether oxygens (including phenoxy) is 1. The third kappa shape index (κ3) is 5.07. The molecule has 3 heterocycles. The molecule has 0 spiro atoms. The average Bonchev–Trinajstić information content (AvgIpc) is 3.40. The second-order valence-electron chi connectivity index (χ2n) is 9.31. The van der Waals surface area contributed by atoms with Gasteiger partial charge < -0.3 is 14.5 Å². The number of carbonyl (C=O) groups excluding carboxylic acids is 1. The number of anilines is 2. The number of rotatable bonds is 6. The zero-order chi connectivity index (χ0) is 24.4. The number of fused-ring (bicyclic) bond motifs is 1. The summed E-state index contributed by atoms with van der Waals surface area (Å²) in [5.41, 5.74) is 4.59. The van der Waals surface area contributed by atoms with Crippen molar-refractivity contribution in [3.05, 3.63) is 75.7 Å². The lowest BCUT2D eigenvalue weighted by atomic mass is 9.95. The molecule has 1 fully saturated rings. The Bertz CT molecular complexity index is 1170. The summed E-state index contributed by atoms with van der Waals surface area (Å²) in [6, 6.07) is 15.7. The molecule has 184 valence electrons. The molecule has 1 saturated heterocycles. The lowest BCUT2D eigenvalue weighted by Crippen LogP contribution is -2.47. The van der Waals surface area contributed by atoms with Gasteiger partial charge in [0.2, 0.25) is 5.91 Å². The van der Waals surface area contributed by atoms with Gasteiger partial charge in [-0.3, -0.25) is 9.69 Å². The third-order valence-corrected chi connectivity index (χ3v) is 8.13. The Labute approximate surface area is 210 Å². The van der Waals surface area contributed by atoms with Gasteiger partial charge in [0, 0.05) is 55.4 Å². The van der Waals surface area contributed by atoms with Crippen LogP contribution < -0.4 is 14.5 Å². The van der Waals surface area contributed by atoms with Gasteiger partial charge in [0.05, 0.1) is 19.2 Å². The summed E-state index contributed by atoms with van der Waals surface area (Å²) in [5, 5.41) is 2.02. The predicted molar refractivity (Wildman–Crippen MR) is 140 cm³/mol. The van der Waals surface area contributed by atoms with Gasteiger partial charge in [-0.2, -0.15) is 0 Å². The standard InChI is InChI=1S/C28H32FN3O2S/c1-20(30-12-14-31(15-13-30)26-10-8-23(29)18-27(26)34-2)21-7-9-25-22(17-21)5-3-11-32(25)28(33)19-24-6-4-16-35-24/h4,6-10,16-18,20H,3,5,11-15,19H2,1-2H3. The number of nitrogens with zero attached hydrogens (tertiary/aromatic N) is 3. The smallest absolute Gasteiger partial charge is 0.232 e. The first-order valence-corrected chi connectivity index (χ1v) is 13.2. The molecule has 0 aliphatic carbocycles. The summed E-state index contributed by atoms with van der Waals surface area (Å²) in [5.74, 6) is 0.484. The molecular weight excluding hydrogens is 461 g/mol. The van der Waals surface area contributed by atoms with Gasteiger partial charge in [0.15, 0.2) is 0 Å². The summed E-state index contributed by atoms with van der Waals surface area (Å²) in [6.45, 7) is 6.62. The van der Waals surface area contributed by atoms with Crippen LogP contribution in [0, 0.1) is 5.82 Å². The Morgan fingerprint density at radius 3 is 2.60 bits per heavy atom. The monoisotopic (exact) mass is 493 g/mol. The largest absolute Gasteiger partial charge is 0.494 e.